The lowest BCUT2D eigenvalue weighted by Gasteiger charge is -2.24. The SMILES string of the molecule is N=C(N)NCCC[C@@H](CN[C@@H](CC(=O)O)C(=O)N[C@@H](CS)C(=O)O)NC(=O)Cc1ccc(CNC=O)cc1. The van der Waals surface area contributed by atoms with Crippen molar-refractivity contribution in [1.82, 2.24) is 26.6 Å². The van der Waals surface area contributed by atoms with Gasteiger partial charge in [-0.2, -0.15) is 12.6 Å². The van der Waals surface area contributed by atoms with Gasteiger partial charge in [0.05, 0.1) is 18.9 Å². The fourth-order valence-electron chi connectivity index (χ4n) is 3.37. The maximum Gasteiger partial charge on any atom is 0.327 e. The Hall–Kier alpha value is -3.85. The lowest BCUT2D eigenvalue weighted by atomic mass is 10.1. The molecule has 10 N–H and O–H groups in total. The summed E-state index contributed by atoms with van der Waals surface area (Å²) in [5, 5.41) is 38.7. The van der Waals surface area contributed by atoms with Crippen molar-refractivity contribution in [2.45, 2.75) is 50.4 Å². The molecule has 1 aromatic rings. The van der Waals surface area contributed by atoms with E-state index in [1.807, 2.05) is 0 Å². The molecule has 3 atom stereocenters. The van der Waals surface area contributed by atoms with E-state index in [1.165, 1.54) is 0 Å². The van der Waals surface area contributed by atoms with Crippen LogP contribution in [0.25, 0.3) is 0 Å². The Morgan fingerprint density at radius 1 is 1.05 bits per heavy atom. The first-order valence-corrected chi connectivity index (χ1v) is 12.4. The Kier molecular flexibility index (Phi) is 14.9. The van der Waals surface area contributed by atoms with Crippen molar-refractivity contribution in [3.8, 4) is 0 Å². The average Bonchev–Trinajstić information content (AvgIpc) is 2.86. The predicted molar refractivity (Wildman–Crippen MR) is 142 cm³/mol. The Morgan fingerprint density at radius 3 is 2.26 bits per heavy atom. The Balaban J connectivity index is 2.85. The number of carboxylic acids is 2. The zero-order valence-corrected chi connectivity index (χ0v) is 21.6. The zero-order chi connectivity index (χ0) is 28.5. The minimum Gasteiger partial charge on any atom is -0.481 e. The highest BCUT2D eigenvalue weighted by atomic mass is 32.1. The van der Waals surface area contributed by atoms with Crippen LogP contribution in [-0.4, -0.2) is 83.3 Å². The van der Waals surface area contributed by atoms with Crippen LogP contribution in [-0.2, 0) is 36.9 Å². The monoisotopic (exact) mass is 553 g/mol. The van der Waals surface area contributed by atoms with Crippen molar-refractivity contribution in [2.75, 3.05) is 18.8 Å². The van der Waals surface area contributed by atoms with E-state index >= 15 is 0 Å². The number of hydrogen-bond donors (Lipinski definition) is 10. The number of nitrogens with one attached hydrogen (secondary N) is 6. The highest BCUT2D eigenvalue weighted by Crippen LogP contribution is 2.06. The number of carbonyl (C=O) groups excluding carboxylic acids is 3. The van der Waals surface area contributed by atoms with Crippen LogP contribution in [0, 0.1) is 5.41 Å². The molecule has 0 saturated heterocycles. The number of aliphatic carboxylic acids is 2. The number of carboxylic acid groups (broad SMARTS) is 2. The van der Waals surface area contributed by atoms with E-state index in [0.29, 0.717) is 32.3 Å². The molecular formula is C23H35N7O7S. The van der Waals surface area contributed by atoms with Gasteiger partial charge in [-0.1, -0.05) is 24.3 Å². The Labute approximate surface area is 225 Å². The van der Waals surface area contributed by atoms with Crippen molar-refractivity contribution < 1.29 is 34.2 Å². The summed E-state index contributed by atoms with van der Waals surface area (Å²) in [6, 6.07) is 4.04. The van der Waals surface area contributed by atoms with Gasteiger partial charge in [-0.15, -0.1) is 0 Å². The maximum absolute atomic E-state index is 12.7. The van der Waals surface area contributed by atoms with Gasteiger partial charge in [-0.25, -0.2) is 4.79 Å². The topological polar surface area (TPSA) is 236 Å². The molecule has 0 aromatic heterocycles. The van der Waals surface area contributed by atoms with E-state index in [0.717, 1.165) is 11.1 Å². The van der Waals surface area contributed by atoms with Gasteiger partial charge < -0.3 is 42.5 Å². The van der Waals surface area contributed by atoms with Crippen molar-refractivity contribution in [2.24, 2.45) is 5.73 Å². The lowest BCUT2D eigenvalue weighted by molar-refractivity contribution is -0.142. The van der Waals surface area contributed by atoms with Gasteiger partial charge in [0, 0.05) is 31.4 Å². The number of carbonyl (C=O) groups is 5. The second-order valence-corrected chi connectivity index (χ2v) is 8.74. The summed E-state index contributed by atoms with van der Waals surface area (Å²) in [6.45, 7) is 0.746. The van der Waals surface area contributed by atoms with E-state index < -0.39 is 42.4 Å². The second-order valence-electron chi connectivity index (χ2n) is 8.38. The van der Waals surface area contributed by atoms with E-state index in [1.54, 1.807) is 24.3 Å². The highest BCUT2D eigenvalue weighted by molar-refractivity contribution is 7.80. The van der Waals surface area contributed by atoms with Gasteiger partial charge in [0.2, 0.25) is 18.2 Å². The number of nitrogens with two attached hydrogens (primary N) is 1. The van der Waals surface area contributed by atoms with Crippen molar-refractivity contribution >= 4 is 48.8 Å². The molecule has 15 heteroatoms. The summed E-state index contributed by atoms with van der Waals surface area (Å²) in [6.07, 6.45) is 0.955. The second kappa shape index (κ2) is 17.6. The largest absolute Gasteiger partial charge is 0.481 e. The van der Waals surface area contributed by atoms with Gasteiger partial charge in [0.25, 0.3) is 0 Å². The molecule has 0 aliphatic carbocycles. The summed E-state index contributed by atoms with van der Waals surface area (Å²) >= 11 is 3.89. The molecule has 0 spiro atoms. The summed E-state index contributed by atoms with van der Waals surface area (Å²) in [5.74, 6) is -4.09. The van der Waals surface area contributed by atoms with Crippen molar-refractivity contribution in [3.63, 3.8) is 0 Å². The van der Waals surface area contributed by atoms with Gasteiger partial charge >= 0.3 is 11.9 Å². The molecule has 0 heterocycles. The molecule has 0 saturated carbocycles. The normalized spacial score (nSPS) is 12.9. The number of benzene rings is 1. The average molecular weight is 554 g/mol. The molecule has 14 nitrogen and oxygen atoms in total. The first-order chi connectivity index (χ1) is 18.0. The third-order valence-corrected chi connectivity index (χ3v) is 5.66. The smallest absolute Gasteiger partial charge is 0.327 e. The molecule has 0 unspecified atom stereocenters. The number of rotatable bonds is 19. The molecule has 38 heavy (non-hydrogen) atoms. The summed E-state index contributed by atoms with van der Waals surface area (Å²) in [5.41, 5.74) is 6.89. The van der Waals surface area contributed by atoms with E-state index in [9.17, 15) is 29.1 Å². The quantitative estimate of drug-likeness (QED) is 0.0302. The number of amides is 3. The van der Waals surface area contributed by atoms with E-state index in [2.05, 4.69) is 39.2 Å². The van der Waals surface area contributed by atoms with Crippen molar-refractivity contribution in [3.05, 3.63) is 35.4 Å². The third kappa shape index (κ3) is 13.5. The standard InChI is InChI=1S/C23H35N7O7S/c24-23(25)27-7-1-2-16(29-19(32)8-14-3-5-15(6-4-14)10-26-13-31)11-28-17(9-20(33)34)21(35)30-18(12-38)22(36)37/h3-6,13,16-18,28,38H,1-2,7-12H2,(H,26,31)(H,29,32)(H,30,35)(H,33,34)(H,36,37)(H4,24,25,27)/t16-,17-,18-/m0/s1. The van der Waals surface area contributed by atoms with Gasteiger partial charge in [0.1, 0.15) is 6.04 Å². The van der Waals surface area contributed by atoms with Crippen LogP contribution >= 0.6 is 12.6 Å². The molecule has 0 bridgehead atoms. The fourth-order valence-corrected chi connectivity index (χ4v) is 3.62. The molecular weight excluding hydrogens is 518 g/mol. The van der Waals surface area contributed by atoms with Gasteiger partial charge in [-0.3, -0.25) is 24.6 Å². The molecule has 0 aliphatic rings. The zero-order valence-electron chi connectivity index (χ0n) is 20.7. The molecule has 1 rings (SSSR count). The van der Waals surface area contributed by atoms with Gasteiger partial charge in [0.15, 0.2) is 5.96 Å². The van der Waals surface area contributed by atoms with Crippen LogP contribution in [0.15, 0.2) is 24.3 Å². The Bertz CT molecular complexity index is 962. The van der Waals surface area contributed by atoms with Crippen LogP contribution in [0.1, 0.15) is 30.4 Å². The summed E-state index contributed by atoms with van der Waals surface area (Å²) < 4.78 is 0. The van der Waals surface area contributed by atoms with Gasteiger partial charge in [-0.05, 0) is 24.0 Å². The number of guanidine groups is 1. The van der Waals surface area contributed by atoms with E-state index in [-0.39, 0.29) is 30.6 Å². The maximum atomic E-state index is 12.7. The predicted octanol–water partition coefficient (Wildman–Crippen LogP) is -1.84. The van der Waals surface area contributed by atoms with Crippen LogP contribution in [0.3, 0.4) is 0 Å². The molecule has 210 valence electrons. The van der Waals surface area contributed by atoms with Crippen LogP contribution < -0.4 is 32.3 Å². The summed E-state index contributed by atoms with van der Waals surface area (Å²) in [7, 11) is 0. The highest BCUT2D eigenvalue weighted by Gasteiger charge is 2.27. The molecule has 0 radical (unpaired) electrons. The Morgan fingerprint density at radius 2 is 1.71 bits per heavy atom. The fraction of sp³-hybridized carbons (Fsp3) is 0.478. The third-order valence-electron chi connectivity index (χ3n) is 5.29. The molecule has 0 fully saturated rings. The van der Waals surface area contributed by atoms with Crippen LogP contribution in [0.4, 0.5) is 0 Å². The minimum absolute atomic E-state index is 0.0199. The van der Waals surface area contributed by atoms with Crippen LogP contribution in [0.5, 0.6) is 0 Å². The number of hydrogen-bond acceptors (Lipinski definition) is 8. The number of thiol groups is 1. The first-order valence-electron chi connectivity index (χ1n) is 11.8. The summed E-state index contributed by atoms with van der Waals surface area (Å²) in [4.78, 5) is 58.2. The van der Waals surface area contributed by atoms with Crippen molar-refractivity contribution in [1.29, 1.82) is 5.41 Å². The molecule has 1 aromatic carbocycles. The molecule has 3 amide bonds. The van der Waals surface area contributed by atoms with Crippen LogP contribution in [0.2, 0.25) is 0 Å². The lowest BCUT2D eigenvalue weighted by Crippen LogP contribution is -2.54. The van der Waals surface area contributed by atoms with E-state index in [4.69, 9.17) is 16.2 Å². The first kappa shape index (κ1) is 32.2. The minimum atomic E-state index is -1.31. The molecule has 0 aliphatic heterocycles.